The Bertz CT molecular complexity index is 254. The van der Waals surface area contributed by atoms with E-state index in [0.29, 0.717) is 5.54 Å². The summed E-state index contributed by atoms with van der Waals surface area (Å²) in [7, 11) is 0. The molecule has 126 valence electrons. The van der Waals surface area contributed by atoms with Crippen molar-refractivity contribution >= 4 is 0 Å². The maximum atomic E-state index is 3.77. The summed E-state index contributed by atoms with van der Waals surface area (Å²) in [5.74, 6) is 0. The smallest absolute Gasteiger partial charge is 0.0303 e. The minimum atomic E-state index is 0.381. The second-order valence-electron chi connectivity index (χ2n) is 7.28. The van der Waals surface area contributed by atoms with Crippen molar-refractivity contribution in [1.29, 1.82) is 0 Å². The van der Waals surface area contributed by atoms with Crippen LogP contribution in [0.2, 0.25) is 0 Å². The largest absolute Gasteiger partial charge is 0.311 e. The Morgan fingerprint density at radius 1 is 0.952 bits per heavy atom. The van der Waals surface area contributed by atoms with Crippen molar-refractivity contribution < 1.29 is 0 Å². The fraction of sp³-hybridized carbons (Fsp3) is 1.00. The van der Waals surface area contributed by atoms with E-state index in [9.17, 15) is 0 Å². The number of piperazine rings is 1. The van der Waals surface area contributed by atoms with E-state index in [-0.39, 0.29) is 0 Å². The highest BCUT2D eigenvalue weighted by molar-refractivity contribution is 4.94. The topological polar surface area (TPSA) is 15.3 Å². The number of unbranched alkanes of at least 4 members (excludes halogenated alkanes) is 6. The van der Waals surface area contributed by atoms with Gasteiger partial charge in [-0.25, -0.2) is 0 Å². The molecule has 0 aromatic heterocycles. The van der Waals surface area contributed by atoms with Crippen LogP contribution in [0.1, 0.15) is 91.9 Å². The van der Waals surface area contributed by atoms with Crippen molar-refractivity contribution in [3.8, 4) is 0 Å². The Labute approximate surface area is 134 Å². The summed E-state index contributed by atoms with van der Waals surface area (Å²) in [5.41, 5.74) is 0.381. The van der Waals surface area contributed by atoms with E-state index in [4.69, 9.17) is 0 Å². The lowest BCUT2D eigenvalue weighted by Gasteiger charge is -2.48. The molecule has 1 aliphatic heterocycles. The van der Waals surface area contributed by atoms with Crippen molar-refractivity contribution in [1.82, 2.24) is 10.2 Å². The lowest BCUT2D eigenvalue weighted by molar-refractivity contribution is 0.0453. The second kappa shape index (κ2) is 10.6. The molecule has 1 fully saturated rings. The first kappa shape index (κ1) is 19.0. The van der Waals surface area contributed by atoms with Crippen molar-refractivity contribution in [2.45, 2.75) is 103 Å². The molecule has 0 saturated carbocycles. The van der Waals surface area contributed by atoms with Crippen LogP contribution >= 0.6 is 0 Å². The average Bonchev–Trinajstić information content (AvgIpc) is 2.49. The number of nitrogens with one attached hydrogen (secondary N) is 1. The monoisotopic (exact) mass is 296 g/mol. The molecule has 21 heavy (non-hydrogen) atoms. The molecule has 2 atom stereocenters. The van der Waals surface area contributed by atoms with Gasteiger partial charge in [-0.3, -0.25) is 4.90 Å². The van der Waals surface area contributed by atoms with E-state index in [0.717, 1.165) is 6.04 Å². The molecule has 1 heterocycles. The number of hydrogen-bond acceptors (Lipinski definition) is 2. The third kappa shape index (κ3) is 6.69. The lowest BCUT2D eigenvalue weighted by Crippen LogP contribution is -2.63. The molecule has 1 rings (SSSR count). The summed E-state index contributed by atoms with van der Waals surface area (Å²) in [6.45, 7) is 13.1. The van der Waals surface area contributed by atoms with E-state index < -0.39 is 0 Å². The third-order valence-electron chi connectivity index (χ3n) is 5.41. The molecular formula is C19H40N2. The van der Waals surface area contributed by atoms with E-state index in [2.05, 4.69) is 37.9 Å². The van der Waals surface area contributed by atoms with E-state index >= 15 is 0 Å². The van der Waals surface area contributed by atoms with Crippen LogP contribution in [-0.4, -0.2) is 36.1 Å². The van der Waals surface area contributed by atoms with Gasteiger partial charge in [0.2, 0.25) is 0 Å². The van der Waals surface area contributed by atoms with Crippen LogP contribution < -0.4 is 5.32 Å². The molecule has 0 amide bonds. The Kier molecular flexibility index (Phi) is 9.59. The minimum absolute atomic E-state index is 0.381. The standard InChI is InChI=1S/C19H40N2/c1-5-8-9-10-11-12-13-15-21-16-18(14-6-2)20-17-19(21,4)7-3/h18,20H,5-17H2,1-4H3. The lowest BCUT2D eigenvalue weighted by atomic mass is 9.90. The van der Waals surface area contributed by atoms with Crippen LogP contribution in [0.3, 0.4) is 0 Å². The molecule has 2 heteroatoms. The zero-order chi connectivity index (χ0) is 15.6. The van der Waals surface area contributed by atoms with Gasteiger partial charge in [0.15, 0.2) is 0 Å². The quantitative estimate of drug-likeness (QED) is 0.541. The maximum absolute atomic E-state index is 3.77. The molecule has 2 nitrogen and oxygen atoms in total. The van der Waals surface area contributed by atoms with Gasteiger partial charge in [-0.05, 0) is 32.7 Å². The zero-order valence-corrected chi connectivity index (χ0v) is 15.2. The van der Waals surface area contributed by atoms with Crippen LogP contribution in [0, 0.1) is 0 Å². The van der Waals surface area contributed by atoms with Crippen LogP contribution in [0.25, 0.3) is 0 Å². The van der Waals surface area contributed by atoms with Crippen LogP contribution in [-0.2, 0) is 0 Å². The van der Waals surface area contributed by atoms with Gasteiger partial charge in [0, 0.05) is 24.7 Å². The van der Waals surface area contributed by atoms with Gasteiger partial charge in [0.1, 0.15) is 0 Å². The minimum Gasteiger partial charge on any atom is -0.311 e. The normalized spacial score (nSPS) is 27.1. The second-order valence-corrected chi connectivity index (χ2v) is 7.28. The average molecular weight is 297 g/mol. The molecule has 0 spiro atoms. The van der Waals surface area contributed by atoms with Crippen LogP contribution in [0.15, 0.2) is 0 Å². The first-order valence-corrected chi connectivity index (χ1v) is 9.64. The van der Waals surface area contributed by atoms with Gasteiger partial charge in [-0.2, -0.15) is 0 Å². The maximum Gasteiger partial charge on any atom is 0.0303 e. The molecule has 0 aliphatic carbocycles. The molecule has 1 aliphatic rings. The van der Waals surface area contributed by atoms with Crippen LogP contribution in [0.5, 0.6) is 0 Å². The first-order valence-electron chi connectivity index (χ1n) is 9.64. The molecule has 0 radical (unpaired) electrons. The summed E-state index contributed by atoms with van der Waals surface area (Å²) in [5, 5.41) is 3.77. The van der Waals surface area contributed by atoms with Crippen molar-refractivity contribution in [3.05, 3.63) is 0 Å². The van der Waals surface area contributed by atoms with Crippen LogP contribution in [0.4, 0.5) is 0 Å². The fourth-order valence-corrected chi connectivity index (χ4v) is 3.54. The number of hydrogen-bond donors (Lipinski definition) is 1. The highest BCUT2D eigenvalue weighted by Gasteiger charge is 2.35. The predicted octanol–water partition coefficient (Wildman–Crippen LogP) is 4.98. The zero-order valence-electron chi connectivity index (χ0n) is 15.2. The highest BCUT2D eigenvalue weighted by atomic mass is 15.3. The fourth-order valence-electron chi connectivity index (χ4n) is 3.54. The first-order chi connectivity index (χ1) is 10.2. The number of nitrogens with zero attached hydrogens (tertiary/aromatic N) is 1. The molecule has 0 aromatic rings. The molecule has 2 unspecified atom stereocenters. The van der Waals surface area contributed by atoms with Gasteiger partial charge < -0.3 is 5.32 Å². The van der Waals surface area contributed by atoms with Gasteiger partial charge in [0.25, 0.3) is 0 Å². The molecule has 1 N–H and O–H groups in total. The Hall–Kier alpha value is -0.0800. The van der Waals surface area contributed by atoms with E-state index in [1.807, 2.05) is 0 Å². The number of rotatable bonds is 11. The highest BCUT2D eigenvalue weighted by Crippen LogP contribution is 2.24. The van der Waals surface area contributed by atoms with E-state index in [1.165, 1.54) is 83.8 Å². The summed E-state index contributed by atoms with van der Waals surface area (Å²) in [4.78, 5) is 2.79. The van der Waals surface area contributed by atoms with Gasteiger partial charge in [-0.15, -0.1) is 0 Å². The summed E-state index contributed by atoms with van der Waals surface area (Å²) >= 11 is 0. The van der Waals surface area contributed by atoms with E-state index in [1.54, 1.807) is 0 Å². The molecule has 0 aromatic carbocycles. The Balaban J connectivity index is 2.27. The van der Waals surface area contributed by atoms with Crippen molar-refractivity contribution in [3.63, 3.8) is 0 Å². The molecule has 1 saturated heterocycles. The van der Waals surface area contributed by atoms with Gasteiger partial charge in [-0.1, -0.05) is 65.7 Å². The summed E-state index contributed by atoms with van der Waals surface area (Å²) in [6.07, 6.45) is 13.8. The summed E-state index contributed by atoms with van der Waals surface area (Å²) in [6, 6.07) is 0.721. The van der Waals surface area contributed by atoms with Crippen molar-refractivity contribution in [2.75, 3.05) is 19.6 Å². The summed E-state index contributed by atoms with van der Waals surface area (Å²) < 4.78 is 0. The third-order valence-corrected chi connectivity index (χ3v) is 5.41. The molecular weight excluding hydrogens is 256 g/mol. The van der Waals surface area contributed by atoms with Gasteiger partial charge in [0.05, 0.1) is 0 Å². The van der Waals surface area contributed by atoms with Gasteiger partial charge >= 0.3 is 0 Å². The SMILES string of the molecule is CCCCCCCCCN1CC(CCC)NCC1(C)CC. The molecule has 0 bridgehead atoms. The van der Waals surface area contributed by atoms with Crippen molar-refractivity contribution in [2.24, 2.45) is 0 Å². The predicted molar refractivity (Wildman–Crippen MR) is 95.0 cm³/mol. The Morgan fingerprint density at radius 3 is 2.24 bits per heavy atom. The Morgan fingerprint density at radius 2 is 1.62 bits per heavy atom.